The number of anilines is 2. The maximum Gasteiger partial charge on any atom is 0.416 e. The van der Waals surface area contributed by atoms with Crippen LogP contribution in [0.25, 0.3) is 10.4 Å². The zero-order chi connectivity index (χ0) is 55.6. The summed E-state index contributed by atoms with van der Waals surface area (Å²) in [6.07, 6.45) is -0.587. The van der Waals surface area contributed by atoms with Gasteiger partial charge in [0.15, 0.2) is 43.8 Å². The number of carbonyl (C=O) groups excluding carboxylic acids is 4. The minimum absolute atomic E-state index is 0.0376. The minimum atomic E-state index is -2.69. The summed E-state index contributed by atoms with van der Waals surface area (Å²) in [6, 6.07) is 25.2. The third kappa shape index (κ3) is 10.6. The fraction of sp³-hybridized carbons (Fsp3) is 0.345. The maximum absolute atomic E-state index is 15.0. The standard InChI is InChI=1S/C58H63N7O12Si/c1-10-20-73-56(69)64-44-29-50(48(71-6)27-42(44)52(66)62-31-39-18-14-12-16-37(39)25-46(62)54(64)68)75-33-35-22-36(24-41(23-35)60-61-59)34-76-51-30-45-43(28-49(51)72-7)53(67)63-32-40-19-15-13-17-38(40)26-47(63)55(65(45)57(70)74-21-11-2)77-78(8,9)58(3,4)5/h10-19,22-24,27-30,46-47,54-55,68H,1-2,20-21,25-26,31-34H2,3-9H3/t46-,47-,54?,55?/m0/s1. The summed E-state index contributed by atoms with van der Waals surface area (Å²) in [7, 11) is 0.174. The van der Waals surface area contributed by atoms with Gasteiger partial charge in [0.2, 0.25) is 0 Å². The molecule has 4 amide bonds. The van der Waals surface area contributed by atoms with Crippen LogP contribution < -0.4 is 28.7 Å². The average molecular weight is 1080 g/mol. The molecule has 19 nitrogen and oxygen atoms in total. The molecule has 0 saturated heterocycles. The van der Waals surface area contributed by atoms with E-state index in [0.29, 0.717) is 17.5 Å². The summed E-state index contributed by atoms with van der Waals surface area (Å²) in [4.78, 5) is 66.8. The predicted octanol–water partition coefficient (Wildman–Crippen LogP) is 10.9. The van der Waals surface area contributed by atoms with Crippen molar-refractivity contribution in [2.24, 2.45) is 5.11 Å². The number of carbonyl (C=O) groups is 4. The summed E-state index contributed by atoms with van der Waals surface area (Å²) < 4.78 is 43.1. The fourth-order valence-electron chi connectivity index (χ4n) is 10.1. The van der Waals surface area contributed by atoms with Gasteiger partial charge in [0.1, 0.15) is 26.4 Å². The van der Waals surface area contributed by atoms with Gasteiger partial charge in [0.25, 0.3) is 11.8 Å². The fourth-order valence-corrected chi connectivity index (χ4v) is 11.4. The smallest absolute Gasteiger partial charge is 0.416 e. The van der Waals surface area contributed by atoms with Crippen LogP contribution in [0, 0.1) is 0 Å². The van der Waals surface area contributed by atoms with Crippen LogP contribution >= 0.6 is 0 Å². The maximum atomic E-state index is 15.0. The first kappa shape index (κ1) is 54.5. The van der Waals surface area contributed by atoms with E-state index in [2.05, 4.69) is 57.0 Å². The van der Waals surface area contributed by atoms with Crippen LogP contribution in [0.3, 0.4) is 0 Å². The van der Waals surface area contributed by atoms with Crippen LogP contribution in [0.1, 0.15) is 74.9 Å². The van der Waals surface area contributed by atoms with Crippen molar-refractivity contribution < 1.29 is 57.1 Å². The monoisotopic (exact) mass is 1080 g/mol. The van der Waals surface area contributed by atoms with Crippen LogP contribution in [0.4, 0.5) is 26.7 Å². The first-order valence-corrected chi connectivity index (χ1v) is 28.4. The van der Waals surface area contributed by atoms with E-state index in [4.69, 9.17) is 32.8 Å². The molecule has 5 aromatic rings. The number of methoxy groups -OCH3 is 2. The van der Waals surface area contributed by atoms with Crippen LogP contribution in [-0.4, -0.2) is 99.2 Å². The van der Waals surface area contributed by atoms with Crippen molar-refractivity contribution in [3.05, 3.63) is 171 Å². The first-order chi connectivity index (χ1) is 37.4. The Morgan fingerprint density at radius 2 is 1.17 bits per heavy atom. The Bertz CT molecular complexity index is 3250. The number of hydrogen-bond donors (Lipinski definition) is 1. The molecule has 0 radical (unpaired) electrons. The highest BCUT2D eigenvalue weighted by molar-refractivity contribution is 6.74. The molecule has 0 aliphatic carbocycles. The Kier molecular flexibility index (Phi) is 15.6. The molecule has 5 aromatic carbocycles. The van der Waals surface area contributed by atoms with Crippen molar-refractivity contribution >= 4 is 49.4 Å². The van der Waals surface area contributed by atoms with Crippen LogP contribution in [0.2, 0.25) is 18.1 Å². The van der Waals surface area contributed by atoms with Crippen molar-refractivity contribution in [3.8, 4) is 23.0 Å². The lowest BCUT2D eigenvalue weighted by molar-refractivity contribution is 0.0299. The Morgan fingerprint density at radius 3 is 1.64 bits per heavy atom. The molecule has 4 heterocycles. The molecule has 2 unspecified atom stereocenters. The highest BCUT2D eigenvalue weighted by Gasteiger charge is 2.51. The molecule has 78 heavy (non-hydrogen) atoms. The van der Waals surface area contributed by atoms with Crippen molar-refractivity contribution in [2.45, 2.75) is 103 Å². The predicted molar refractivity (Wildman–Crippen MR) is 294 cm³/mol. The van der Waals surface area contributed by atoms with Gasteiger partial charge in [-0.25, -0.2) is 19.4 Å². The third-order valence-electron chi connectivity index (χ3n) is 15.1. The van der Waals surface area contributed by atoms with Gasteiger partial charge in [-0.15, -0.1) is 0 Å². The number of amides is 4. The summed E-state index contributed by atoms with van der Waals surface area (Å²) in [6.45, 7) is 17.9. The molecule has 4 aliphatic heterocycles. The molecule has 0 fully saturated rings. The average Bonchev–Trinajstić information content (AvgIpc) is 3.58. The van der Waals surface area contributed by atoms with Gasteiger partial charge in [0, 0.05) is 35.8 Å². The number of rotatable bonds is 15. The van der Waals surface area contributed by atoms with Crippen molar-refractivity contribution in [1.82, 2.24) is 9.80 Å². The van der Waals surface area contributed by atoms with E-state index >= 15 is 4.79 Å². The molecule has 4 atom stereocenters. The van der Waals surface area contributed by atoms with Gasteiger partial charge in [-0.05, 0) is 100 Å². The zero-order valence-electron chi connectivity index (χ0n) is 44.8. The van der Waals surface area contributed by atoms with Gasteiger partial charge in [-0.2, -0.15) is 0 Å². The topological polar surface area (TPSA) is 215 Å². The number of hydrogen-bond acceptors (Lipinski definition) is 13. The molecule has 406 valence electrons. The first-order valence-electron chi connectivity index (χ1n) is 25.5. The second-order valence-electron chi connectivity index (χ2n) is 20.9. The number of nitrogens with zero attached hydrogens (tertiary/aromatic N) is 7. The van der Waals surface area contributed by atoms with Crippen molar-refractivity contribution in [3.63, 3.8) is 0 Å². The van der Waals surface area contributed by atoms with Crippen LogP contribution in [0.5, 0.6) is 23.0 Å². The van der Waals surface area contributed by atoms with Gasteiger partial charge >= 0.3 is 12.2 Å². The Morgan fingerprint density at radius 1 is 0.705 bits per heavy atom. The Balaban J connectivity index is 1.05. The number of benzene rings is 5. The number of fused-ring (bicyclic) bond motifs is 6. The van der Waals surface area contributed by atoms with Gasteiger partial charge in [0.05, 0.1) is 48.8 Å². The molecule has 0 aromatic heterocycles. The van der Waals surface area contributed by atoms with Crippen LogP contribution in [-0.2, 0) is 53.0 Å². The normalized spacial score (nSPS) is 18.5. The van der Waals surface area contributed by atoms with E-state index in [0.717, 1.165) is 27.2 Å². The summed E-state index contributed by atoms with van der Waals surface area (Å²) in [5, 5.41) is 15.6. The van der Waals surface area contributed by atoms with Gasteiger partial charge < -0.3 is 47.8 Å². The SMILES string of the molecule is C=CCOC(=O)N1c2cc(OCc3cc(COc4cc5c(cc4OC)C(=O)N4Cc6ccccc6C[C@H]4C(O[Si](C)(C)C(C)(C)C)N5C(=O)OCC=C)cc(N=[N+]=[N-])c3)c(OC)cc2C(=O)N2Cc3ccccc3C[C@H]2C1O. The van der Waals surface area contributed by atoms with E-state index in [9.17, 15) is 25.0 Å². The molecule has 9 rings (SSSR count). The molecular weight excluding hydrogens is 1010 g/mol. The van der Waals surface area contributed by atoms with E-state index in [-0.39, 0.29) is 108 Å². The molecule has 0 bridgehead atoms. The molecule has 4 aliphatic rings. The molecule has 1 N–H and O–H groups in total. The van der Waals surface area contributed by atoms with E-state index in [1.807, 2.05) is 48.5 Å². The number of aliphatic hydroxyl groups is 1. The molecule has 20 heteroatoms. The summed E-state index contributed by atoms with van der Waals surface area (Å²) in [5.41, 5.74) is 15.3. The van der Waals surface area contributed by atoms with Gasteiger partial charge in [-0.1, -0.05) is 99.7 Å². The molecule has 0 spiro atoms. The lowest BCUT2D eigenvalue weighted by atomic mass is 9.93. The quantitative estimate of drug-likeness (QED) is 0.0341. The zero-order valence-corrected chi connectivity index (χ0v) is 45.8. The lowest BCUT2D eigenvalue weighted by Gasteiger charge is -2.47. The highest BCUT2D eigenvalue weighted by atomic mass is 28.4. The van der Waals surface area contributed by atoms with Crippen LogP contribution in [0.15, 0.2) is 121 Å². The second kappa shape index (κ2) is 22.4. The Labute approximate surface area is 453 Å². The number of aliphatic hydroxyl groups excluding tert-OH is 1. The van der Waals surface area contributed by atoms with Crippen molar-refractivity contribution in [2.75, 3.05) is 37.2 Å². The molecular formula is C58H63N7O12Si. The summed E-state index contributed by atoms with van der Waals surface area (Å²) in [5.74, 6) is -0.108. The van der Waals surface area contributed by atoms with Crippen molar-refractivity contribution in [1.29, 1.82) is 0 Å². The number of ether oxygens (including phenoxy) is 6. The van der Waals surface area contributed by atoms with Gasteiger partial charge in [-0.3, -0.25) is 9.59 Å². The van der Waals surface area contributed by atoms with E-state index in [1.165, 1.54) is 43.4 Å². The van der Waals surface area contributed by atoms with E-state index < -0.39 is 51.0 Å². The largest absolute Gasteiger partial charge is 0.493 e. The third-order valence-corrected chi connectivity index (χ3v) is 19.5. The second-order valence-corrected chi connectivity index (χ2v) is 25.7. The molecule has 0 saturated carbocycles. The Hall–Kier alpha value is -8.29. The number of azide groups is 1. The van der Waals surface area contributed by atoms with E-state index in [1.54, 1.807) is 40.1 Å². The highest BCUT2D eigenvalue weighted by Crippen LogP contribution is 2.47. The summed E-state index contributed by atoms with van der Waals surface area (Å²) >= 11 is 0. The lowest BCUT2D eigenvalue weighted by Crippen LogP contribution is -2.60. The minimum Gasteiger partial charge on any atom is -0.493 e.